The van der Waals surface area contributed by atoms with Crippen LogP contribution in [0, 0.1) is 5.92 Å². The van der Waals surface area contributed by atoms with Crippen molar-refractivity contribution in [2.24, 2.45) is 5.92 Å². The number of nitrogens with zero attached hydrogens (tertiary/aromatic N) is 3. The lowest BCUT2D eigenvalue weighted by Crippen LogP contribution is -3.00. The lowest BCUT2D eigenvalue weighted by molar-refractivity contribution is -0.945. The van der Waals surface area contributed by atoms with Crippen molar-refractivity contribution in [1.82, 2.24) is 9.47 Å². The maximum atomic E-state index is 14.1. The second kappa shape index (κ2) is 9.82. The van der Waals surface area contributed by atoms with Crippen LogP contribution in [-0.4, -0.2) is 59.1 Å². The highest BCUT2D eigenvalue weighted by atomic mass is 79.9. The Labute approximate surface area is 218 Å². The van der Waals surface area contributed by atoms with Gasteiger partial charge in [0.25, 0.3) is 0 Å². The van der Waals surface area contributed by atoms with Gasteiger partial charge in [0.1, 0.15) is 11.5 Å². The third-order valence-electron chi connectivity index (χ3n) is 8.55. The maximum absolute atomic E-state index is 14.1. The van der Waals surface area contributed by atoms with Crippen molar-refractivity contribution >= 4 is 5.91 Å². The Balaban J connectivity index is 0.00000253. The zero-order valence-electron chi connectivity index (χ0n) is 20.4. The van der Waals surface area contributed by atoms with Crippen LogP contribution < -0.4 is 21.7 Å². The van der Waals surface area contributed by atoms with Crippen LogP contribution >= 0.6 is 0 Å². The Hall–Kier alpha value is -2.57. The number of carbonyl (C=O) groups excluding carboxylic acids is 1. The number of hydrogen-bond acceptors (Lipinski definition) is 2. The van der Waals surface area contributed by atoms with Crippen LogP contribution in [-0.2, 0) is 11.3 Å². The van der Waals surface area contributed by atoms with Gasteiger partial charge in [0.15, 0.2) is 0 Å². The van der Waals surface area contributed by atoms with Gasteiger partial charge < -0.3 is 35.7 Å². The number of carbonyl (C=O) groups is 1. The minimum atomic E-state index is -0.302. The van der Waals surface area contributed by atoms with Crippen LogP contribution in [0.5, 0.6) is 11.5 Å². The van der Waals surface area contributed by atoms with Crippen LogP contribution in [0.25, 0.3) is 0 Å². The molecule has 1 aromatic heterocycles. The number of hydrogen-bond donors (Lipinski definition) is 0. The fourth-order valence-electron chi connectivity index (χ4n) is 6.65. The molecule has 7 rings (SSSR count). The largest absolute Gasteiger partial charge is 1.00 e. The van der Waals surface area contributed by atoms with E-state index in [1.165, 1.54) is 43.4 Å². The number of rotatable bonds is 6. The molecule has 3 saturated heterocycles. The number of quaternary nitrogens is 1. The van der Waals surface area contributed by atoms with Gasteiger partial charge >= 0.3 is 0 Å². The summed E-state index contributed by atoms with van der Waals surface area (Å²) in [4.78, 5) is 16.2. The highest BCUT2D eigenvalue weighted by molar-refractivity contribution is 5.89. The van der Waals surface area contributed by atoms with E-state index in [2.05, 4.69) is 34.0 Å². The first-order valence-electron chi connectivity index (χ1n) is 12.7. The summed E-state index contributed by atoms with van der Waals surface area (Å²) in [6.07, 6.45) is 7.95. The quantitative estimate of drug-likeness (QED) is 0.452. The number of benzene rings is 2. The smallest absolute Gasteiger partial charge is 0.235 e. The van der Waals surface area contributed by atoms with Crippen molar-refractivity contribution in [3.8, 4) is 11.5 Å². The molecule has 2 bridgehead atoms. The van der Waals surface area contributed by atoms with Crippen LogP contribution in [0.2, 0.25) is 0 Å². The van der Waals surface area contributed by atoms with E-state index in [-0.39, 0.29) is 28.8 Å². The van der Waals surface area contributed by atoms with Crippen LogP contribution in [0.15, 0.2) is 73.1 Å². The second-order valence-corrected chi connectivity index (χ2v) is 10.4. The van der Waals surface area contributed by atoms with Gasteiger partial charge in [-0.05, 0) is 30.2 Å². The number of para-hydroxylation sites is 2. The lowest BCUT2D eigenvalue weighted by atomic mass is 9.79. The van der Waals surface area contributed by atoms with Gasteiger partial charge in [-0.15, -0.1) is 0 Å². The van der Waals surface area contributed by atoms with Crippen LogP contribution in [0.4, 0.5) is 0 Å². The summed E-state index contributed by atoms with van der Waals surface area (Å²) in [6.45, 7) is 5.89. The van der Waals surface area contributed by atoms with Gasteiger partial charge in [-0.2, -0.15) is 0 Å². The Morgan fingerprint density at radius 1 is 0.971 bits per heavy atom. The molecule has 1 atom stereocenters. The van der Waals surface area contributed by atoms with Crippen molar-refractivity contribution in [1.29, 1.82) is 0 Å². The minimum absolute atomic E-state index is 0. The Morgan fingerprint density at radius 2 is 1.57 bits per heavy atom. The van der Waals surface area contributed by atoms with Crippen molar-refractivity contribution in [3.05, 3.63) is 84.2 Å². The fraction of sp³-hybridized carbons (Fsp3) is 0.414. The summed E-state index contributed by atoms with van der Waals surface area (Å²) in [5.41, 5.74) is 1.96. The fourth-order valence-corrected chi connectivity index (χ4v) is 6.65. The van der Waals surface area contributed by atoms with Crippen molar-refractivity contribution in [3.63, 3.8) is 0 Å². The first-order valence-corrected chi connectivity index (χ1v) is 12.7. The summed E-state index contributed by atoms with van der Waals surface area (Å²) in [6, 6.07) is 20.5. The molecule has 0 saturated carbocycles. The van der Waals surface area contributed by atoms with E-state index >= 15 is 0 Å². The normalized spacial score (nSPS) is 24.6. The summed E-state index contributed by atoms with van der Waals surface area (Å²) in [5.74, 6) is 2.12. The molecule has 35 heavy (non-hydrogen) atoms. The van der Waals surface area contributed by atoms with Gasteiger partial charge in [-0.3, -0.25) is 4.79 Å². The molecule has 1 amide bonds. The molecular weight excluding hydrogens is 502 g/mol. The molecule has 0 radical (unpaired) electrons. The van der Waals surface area contributed by atoms with E-state index in [1.54, 1.807) is 0 Å². The zero-order valence-corrected chi connectivity index (χ0v) is 21.9. The molecule has 3 fully saturated rings. The number of aromatic nitrogens is 1. The average Bonchev–Trinajstić information content (AvgIpc) is 3.40. The predicted molar refractivity (Wildman–Crippen MR) is 133 cm³/mol. The summed E-state index contributed by atoms with van der Waals surface area (Å²) >= 11 is 0. The molecule has 4 aliphatic heterocycles. The molecule has 0 unspecified atom stereocenters. The number of ether oxygens (including phenoxy) is 1. The second-order valence-electron chi connectivity index (χ2n) is 10.4. The van der Waals surface area contributed by atoms with E-state index in [0.717, 1.165) is 35.7 Å². The van der Waals surface area contributed by atoms with E-state index in [0.29, 0.717) is 12.0 Å². The third-order valence-corrected chi connectivity index (χ3v) is 8.55. The van der Waals surface area contributed by atoms with E-state index in [9.17, 15) is 4.79 Å². The molecule has 5 nitrogen and oxygen atoms in total. The molecule has 184 valence electrons. The van der Waals surface area contributed by atoms with Gasteiger partial charge in [-0.1, -0.05) is 36.4 Å². The number of likely N-dealkylation sites (N-methyl/N-ethyl adjacent to an activating group) is 1. The van der Waals surface area contributed by atoms with Gasteiger partial charge in [0.2, 0.25) is 5.91 Å². The maximum Gasteiger partial charge on any atom is 0.235 e. The number of halogens is 1. The monoisotopic (exact) mass is 535 g/mol. The molecule has 0 spiro atoms. The van der Waals surface area contributed by atoms with E-state index in [1.807, 2.05) is 55.6 Å². The molecule has 3 aromatic rings. The van der Waals surface area contributed by atoms with E-state index < -0.39 is 0 Å². The average molecular weight is 537 g/mol. The standard InChI is InChI=1S/C29H34N3O2.BrH/c1-30(25-21-32(19-13-22(25)14-20-32)18-8-17-31-15-6-7-16-31)29(33)28-23-9-2-4-11-26(23)34-27-12-5-3-10-24(27)28;/h2-7,9-12,15-16,22,25,28H,8,13-14,17-21H2,1H3;1H/q+1;/p-1/t22?,25-,32?;/m0./s1. The molecule has 0 N–H and O–H groups in total. The van der Waals surface area contributed by atoms with Gasteiger partial charge in [-0.25, -0.2) is 0 Å². The third kappa shape index (κ3) is 4.43. The SMILES string of the molecule is CN(C(=O)C1c2ccccc2Oc2ccccc21)[C@H]1C[N+]2(CCCn3cccc3)CCC1CC2.[Br-]. The number of amides is 1. The van der Waals surface area contributed by atoms with Crippen LogP contribution in [0.1, 0.15) is 36.3 Å². The van der Waals surface area contributed by atoms with Gasteiger partial charge in [0.05, 0.1) is 38.1 Å². The molecular formula is C29H34BrN3O2. The highest BCUT2D eigenvalue weighted by Gasteiger charge is 2.49. The summed E-state index contributed by atoms with van der Waals surface area (Å²) < 4.78 is 9.60. The summed E-state index contributed by atoms with van der Waals surface area (Å²) in [5, 5.41) is 0. The highest BCUT2D eigenvalue weighted by Crippen LogP contribution is 2.45. The van der Waals surface area contributed by atoms with E-state index in [4.69, 9.17) is 4.74 Å². The number of aryl methyl sites for hydroxylation is 1. The first-order chi connectivity index (χ1) is 16.6. The Kier molecular flexibility index (Phi) is 6.78. The lowest BCUT2D eigenvalue weighted by Gasteiger charge is -2.55. The van der Waals surface area contributed by atoms with Gasteiger partial charge in [0, 0.05) is 56.4 Å². The van der Waals surface area contributed by atoms with Crippen molar-refractivity contribution in [2.75, 3.05) is 33.2 Å². The minimum Gasteiger partial charge on any atom is -1.00 e. The molecule has 5 heterocycles. The first kappa shape index (κ1) is 24.1. The number of piperidine rings is 3. The van der Waals surface area contributed by atoms with Crippen LogP contribution in [0.3, 0.4) is 0 Å². The topological polar surface area (TPSA) is 34.5 Å². The van der Waals surface area contributed by atoms with Crippen molar-refractivity contribution in [2.45, 2.75) is 37.8 Å². The molecule has 6 heteroatoms. The Morgan fingerprint density at radius 3 is 2.20 bits per heavy atom. The molecule has 0 aliphatic carbocycles. The Bertz CT molecular complexity index is 1120. The molecule has 4 aliphatic rings. The predicted octanol–water partition coefficient (Wildman–Crippen LogP) is 1.89. The molecule has 2 aromatic carbocycles. The zero-order chi connectivity index (χ0) is 23.1. The number of fused-ring (bicyclic) bond motifs is 5. The summed E-state index contributed by atoms with van der Waals surface area (Å²) in [7, 11) is 2.05. The van der Waals surface area contributed by atoms with Crippen molar-refractivity contribution < 1.29 is 31.0 Å².